The number of alkyl halides is 1. The van der Waals surface area contributed by atoms with Crippen LogP contribution in [0, 0.1) is 0 Å². The van der Waals surface area contributed by atoms with Gasteiger partial charge in [-0.2, -0.15) is 0 Å². The molecule has 2 amide bonds. The first-order valence-electron chi connectivity index (χ1n) is 14.1. The van der Waals surface area contributed by atoms with Crippen LogP contribution in [0.3, 0.4) is 0 Å². The van der Waals surface area contributed by atoms with E-state index in [-0.39, 0.29) is 42.9 Å². The molecule has 0 radical (unpaired) electrons. The highest BCUT2D eigenvalue weighted by Gasteiger charge is 2.28. The van der Waals surface area contributed by atoms with Crippen LogP contribution in [0.4, 0.5) is 9.59 Å². The van der Waals surface area contributed by atoms with Crippen LogP contribution in [0.1, 0.15) is 81.1 Å². The van der Waals surface area contributed by atoms with Crippen LogP contribution >= 0.6 is 15.9 Å². The predicted molar refractivity (Wildman–Crippen MR) is 157 cm³/mol. The topological polar surface area (TPSA) is 141 Å². The lowest BCUT2D eigenvalue weighted by atomic mass is 10.1. The minimum atomic E-state index is -0.478. The van der Waals surface area contributed by atoms with Crippen molar-refractivity contribution in [2.75, 3.05) is 51.3 Å². The van der Waals surface area contributed by atoms with Crippen molar-refractivity contribution in [1.82, 2.24) is 9.80 Å². The number of nitrogens with zero attached hydrogens (tertiary/aromatic N) is 2. The van der Waals surface area contributed by atoms with E-state index in [0.29, 0.717) is 70.4 Å². The van der Waals surface area contributed by atoms with Gasteiger partial charge in [0, 0.05) is 26.2 Å². The molecule has 0 spiro atoms. The fraction of sp³-hybridized carbons (Fsp3) is 0.857. The van der Waals surface area contributed by atoms with Gasteiger partial charge in [-0.3, -0.25) is 4.79 Å². The molecule has 2 aliphatic rings. The molecule has 2 saturated heterocycles. The molecule has 2 fully saturated rings. The Balaban J connectivity index is 0.000000659. The molecule has 0 aromatic rings. The minimum Gasteiger partial charge on any atom is -0.465 e. The summed E-state index contributed by atoms with van der Waals surface area (Å²) >= 11 is 2.94. The molecule has 2 rings (SSSR count). The lowest BCUT2D eigenvalue weighted by molar-refractivity contribution is -0.151. The number of halogens is 1. The molecular weight excluding hydrogens is 604 g/mol. The molecule has 1 N–H and O–H groups in total. The van der Waals surface area contributed by atoms with E-state index in [2.05, 4.69) is 20.7 Å². The van der Waals surface area contributed by atoms with Crippen molar-refractivity contribution < 1.29 is 48.0 Å². The van der Waals surface area contributed by atoms with Crippen LogP contribution in [0.5, 0.6) is 0 Å². The van der Waals surface area contributed by atoms with Crippen molar-refractivity contribution in [2.45, 2.75) is 104 Å². The zero-order chi connectivity index (χ0) is 31.6. The van der Waals surface area contributed by atoms with Gasteiger partial charge in [0.15, 0.2) is 0 Å². The summed E-state index contributed by atoms with van der Waals surface area (Å²) in [5.74, 6) is -0.551. The normalized spacial score (nSPS) is 16.3. The van der Waals surface area contributed by atoms with Crippen LogP contribution in [-0.4, -0.2) is 114 Å². The average Bonchev–Trinajstić information content (AvgIpc) is 2.87. The highest BCUT2D eigenvalue weighted by Crippen LogP contribution is 2.17. The third kappa shape index (κ3) is 20.4. The fourth-order valence-electron chi connectivity index (χ4n) is 3.49. The highest BCUT2D eigenvalue weighted by atomic mass is 79.9. The molecule has 240 valence electrons. The Hall–Kier alpha value is -2.12. The SMILES string of the molecule is CC(C)(C)OC(=O)N1CCC(O)CC1.CCOC(=O)CBr.CCOC(=O)COC1CCN(C(=O)OC(C)(C)C)CC1. The van der Waals surface area contributed by atoms with E-state index in [1.165, 1.54) is 0 Å². The van der Waals surface area contributed by atoms with E-state index in [4.69, 9.17) is 18.9 Å². The highest BCUT2D eigenvalue weighted by molar-refractivity contribution is 9.09. The van der Waals surface area contributed by atoms with E-state index in [1.807, 2.05) is 41.5 Å². The Bertz CT molecular complexity index is 782. The number of hydrogen-bond donors (Lipinski definition) is 1. The van der Waals surface area contributed by atoms with E-state index in [0.717, 1.165) is 0 Å². The number of likely N-dealkylation sites (tertiary alicyclic amines) is 2. The van der Waals surface area contributed by atoms with Crippen molar-refractivity contribution in [2.24, 2.45) is 0 Å². The maximum Gasteiger partial charge on any atom is 0.410 e. The molecule has 0 bridgehead atoms. The van der Waals surface area contributed by atoms with E-state index in [9.17, 15) is 24.3 Å². The molecule has 0 aliphatic carbocycles. The quantitative estimate of drug-likeness (QED) is 0.250. The van der Waals surface area contributed by atoms with Crippen molar-refractivity contribution in [3.63, 3.8) is 0 Å². The smallest absolute Gasteiger partial charge is 0.410 e. The zero-order valence-corrected chi connectivity index (χ0v) is 27.6. The van der Waals surface area contributed by atoms with Crippen LogP contribution in [-0.2, 0) is 33.3 Å². The molecule has 2 aliphatic heterocycles. The standard InChI is InChI=1S/C14H25NO5.C10H19NO3.C4H7BrO2/c1-5-18-12(16)10-19-11-6-8-15(9-7-11)13(17)20-14(2,3)4;1-10(2,3)14-9(13)11-6-4-8(12)5-7-11;1-2-7-4(6)3-5/h11H,5-10H2,1-4H3;8,12H,4-7H2,1-3H3;2-3H2,1H3. The van der Waals surface area contributed by atoms with E-state index >= 15 is 0 Å². The van der Waals surface area contributed by atoms with Gasteiger partial charge < -0.3 is 38.6 Å². The maximum atomic E-state index is 11.9. The predicted octanol–water partition coefficient (Wildman–Crippen LogP) is 4.29. The van der Waals surface area contributed by atoms with Gasteiger partial charge in [-0.05, 0) is 81.1 Å². The van der Waals surface area contributed by atoms with Crippen LogP contribution in [0.15, 0.2) is 0 Å². The third-order valence-corrected chi connectivity index (χ3v) is 5.82. The number of hydrogen-bond acceptors (Lipinski definition) is 10. The molecule has 13 heteroatoms. The third-order valence-electron chi connectivity index (χ3n) is 5.37. The molecule has 2 heterocycles. The van der Waals surface area contributed by atoms with Crippen molar-refractivity contribution in [1.29, 1.82) is 0 Å². The number of aliphatic hydroxyl groups is 1. The largest absolute Gasteiger partial charge is 0.465 e. The van der Waals surface area contributed by atoms with Gasteiger partial charge >= 0.3 is 24.1 Å². The molecule has 0 unspecified atom stereocenters. The van der Waals surface area contributed by atoms with Gasteiger partial charge in [0.05, 0.1) is 25.4 Å². The molecule has 0 atom stereocenters. The second-order valence-corrected chi connectivity index (χ2v) is 12.0. The first kappa shape index (κ1) is 38.9. The summed E-state index contributed by atoms with van der Waals surface area (Å²) in [5, 5.41) is 9.56. The van der Waals surface area contributed by atoms with Crippen molar-refractivity contribution in [3.05, 3.63) is 0 Å². The van der Waals surface area contributed by atoms with Gasteiger partial charge in [0.2, 0.25) is 0 Å². The number of ether oxygens (including phenoxy) is 5. The van der Waals surface area contributed by atoms with Gasteiger partial charge in [-0.25, -0.2) is 14.4 Å². The number of esters is 2. The summed E-state index contributed by atoms with van der Waals surface area (Å²) in [6.07, 6.45) is 1.90. The number of amides is 2. The first-order chi connectivity index (χ1) is 19.0. The number of rotatable bonds is 6. The monoisotopic (exact) mass is 654 g/mol. The summed E-state index contributed by atoms with van der Waals surface area (Å²) in [6, 6.07) is 0. The van der Waals surface area contributed by atoms with Gasteiger partial charge in [0.25, 0.3) is 0 Å². The Morgan fingerprint density at radius 1 is 0.732 bits per heavy atom. The second kappa shape index (κ2) is 19.9. The zero-order valence-electron chi connectivity index (χ0n) is 26.0. The number of aliphatic hydroxyl groups excluding tert-OH is 1. The minimum absolute atomic E-state index is 0.00177. The molecule has 12 nitrogen and oxygen atoms in total. The van der Waals surface area contributed by atoms with Crippen molar-refractivity contribution in [3.8, 4) is 0 Å². The number of carbonyl (C=O) groups is 4. The summed E-state index contributed by atoms with van der Waals surface area (Å²) in [6.45, 7) is 17.8. The fourth-order valence-corrected chi connectivity index (χ4v) is 3.66. The molecule has 0 aromatic heterocycles. The second-order valence-electron chi connectivity index (χ2n) is 11.4. The summed E-state index contributed by atoms with van der Waals surface area (Å²) in [7, 11) is 0. The van der Waals surface area contributed by atoms with Crippen LogP contribution < -0.4 is 0 Å². The number of carbonyl (C=O) groups excluding carboxylic acids is 4. The lowest BCUT2D eigenvalue weighted by Crippen LogP contribution is -2.43. The Morgan fingerprint density at radius 2 is 1.12 bits per heavy atom. The summed E-state index contributed by atoms with van der Waals surface area (Å²) in [5.41, 5.74) is -0.915. The average molecular weight is 656 g/mol. The van der Waals surface area contributed by atoms with Crippen LogP contribution in [0.2, 0.25) is 0 Å². The molecule has 0 saturated carbocycles. The Morgan fingerprint density at radius 3 is 1.46 bits per heavy atom. The van der Waals surface area contributed by atoms with Crippen molar-refractivity contribution >= 4 is 40.1 Å². The lowest BCUT2D eigenvalue weighted by Gasteiger charge is -2.33. The molecular formula is C28H51BrN2O10. The maximum absolute atomic E-state index is 11.9. The first-order valence-corrected chi connectivity index (χ1v) is 15.3. The Labute approximate surface area is 253 Å². The van der Waals surface area contributed by atoms with Crippen LogP contribution in [0.25, 0.3) is 0 Å². The van der Waals surface area contributed by atoms with E-state index < -0.39 is 11.2 Å². The van der Waals surface area contributed by atoms with Gasteiger partial charge in [-0.1, -0.05) is 15.9 Å². The van der Waals surface area contributed by atoms with Gasteiger partial charge in [-0.15, -0.1) is 0 Å². The summed E-state index contributed by atoms with van der Waals surface area (Å²) < 4.78 is 25.3. The molecule has 41 heavy (non-hydrogen) atoms. The molecule has 0 aromatic carbocycles. The number of piperidine rings is 2. The summed E-state index contributed by atoms with van der Waals surface area (Å²) in [4.78, 5) is 48.1. The van der Waals surface area contributed by atoms with Gasteiger partial charge in [0.1, 0.15) is 23.1 Å². The Kier molecular flexibility index (Phi) is 18.9. The van der Waals surface area contributed by atoms with E-state index in [1.54, 1.807) is 23.6 Å².